The van der Waals surface area contributed by atoms with Crippen LogP contribution in [0.2, 0.25) is 0 Å². The van der Waals surface area contributed by atoms with Crippen molar-refractivity contribution in [3.63, 3.8) is 0 Å². The number of hydrogen-bond acceptors (Lipinski definition) is 5. The van der Waals surface area contributed by atoms with Gasteiger partial charge in [-0.05, 0) is 50.9 Å². The maximum Gasteiger partial charge on any atom is 0.155 e. The molecule has 2 aliphatic rings. The molecule has 2 aliphatic heterocycles. The molecule has 4 heterocycles. The fourth-order valence-electron chi connectivity index (χ4n) is 3.86. The number of pyridine rings is 1. The molecule has 2 aromatic heterocycles. The van der Waals surface area contributed by atoms with Crippen molar-refractivity contribution in [3.8, 4) is 0 Å². The summed E-state index contributed by atoms with van der Waals surface area (Å²) in [4.78, 5) is 9.69. The lowest BCUT2D eigenvalue weighted by Crippen LogP contribution is -2.35. The van der Waals surface area contributed by atoms with Crippen molar-refractivity contribution in [1.29, 1.82) is 0 Å². The van der Waals surface area contributed by atoms with E-state index in [-0.39, 0.29) is 0 Å². The monoisotopic (exact) mass is 329 g/mol. The van der Waals surface area contributed by atoms with E-state index < -0.39 is 0 Å². The minimum absolute atomic E-state index is 0.485. The largest absolute Gasteiger partial charge is 0.383 e. The molecule has 2 aromatic rings. The summed E-state index contributed by atoms with van der Waals surface area (Å²) in [5.41, 5.74) is 2.24. The van der Waals surface area contributed by atoms with Crippen LogP contribution >= 0.6 is 0 Å². The Morgan fingerprint density at radius 1 is 1.12 bits per heavy atom. The highest BCUT2D eigenvalue weighted by molar-refractivity contribution is 5.51. The van der Waals surface area contributed by atoms with Gasteiger partial charge in [0.15, 0.2) is 11.5 Å². The summed E-state index contributed by atoms with van der Waals surface area (Å²) < 4.78 is 7.15. The number of hydrogen-bond donors (Lipinski definition) is 0. The van der Waals surface area contributed by atoms with Crippen LogP contribution in [0.15, 0.2) is 18.3 Å². The van der Waals surface area contributed by atoms with E-state index in [0.717, 1.165) is 63.6 Å². The van der Waals surface area contributed by atoms with Crippen molar-refractivity contribution in [3.05, 3.63) is 24.2 Å². The summed E-state index contributed by atoms with van der Waals surface area (Å²) in [6, 6.07) is 4.30. The van der Waals surface area contributed by atoms with E-state index >= 15 is 0 Å². The minimum Gasteiger partial charge on any atom is -0.383 e. The Morgan fingerprint density at radius 2 is 1.92 bits per heavy atom. The zero-order chi connectivity index (χ0) is 16.4. The Bertz CT molecular complexity index is 671. The third-order valence-corrected chi connectivity index (χ3v) is 5.37. The van der Waals surface area contributed by atoms with Gasteiger partial charge in [0.1, 0.15) is 0 Å². The van der Waals surface area contributed by atoms with Gasteiger partial charge in [0, 0.05) is 32.7 Å². The standard InChI is InChI=1S/C18H27N5O/c1-24-13-12-21-10-6-15(7-11-21)18-19-17-5-4-16(14-23(17)20-18)22-8-2-3-9-22/h4-5,14-15H,2-3,6-13H2,1H3. The normalized spacial score (nSPS) is 20.3. The van der Waals surface area contributed by atoms with Crippen molar-refractivity contribution >= 4 is 11.3 Å². The highest BCUT2D eigenvalue weighted by Crippen LogP contribution is 2.27. The summed E-state index contributed by atoms with van der Waals surface area (Å²) in [7, 11) is 1.77. The maximum absolute atomic E-state index is 5.18. The molecule has 6 nitrogen and oxygen atoms in total. The number of nitrogens with zero attached hydrogens (tertiary/aromatic N) is 5. The molecular formula is C18H27N5O. The molecule has 0 amide bonds. The Hall–Kier alpha value is -1.66. The number of fused-ring (bicyclic) bond motifs is 1. The Kier molecular flexibility index (Phi) is 4.67. The second-order valence-electron chi connectivity index (χ2n) is 6.96. The predicted octanol–water partition coefficient (Wildman–Crippen LogP) is 2.16. The van der Waals surface area contributed by atoms with Gasteiger partial charge in [-0.1, -0.05) is 0 Å². The molecule has 130 valence electrons. The molecule has 0 radical (unpaired) electrons. The highest BCUT2D eigenvalue weighted by atomic mass is 16.5. The summed E-state index contributed by atoms with van der Waals surface area (Å²) in [6.45, 7) is 6.39. The summed E-state index contributed by atoms with van der Waals surface area (Å²) in [5, 5.41) is 4.79. The second kappa shape index (κ2) is 7.07. The second-order valence-corrected chi connectivity index (χ2v) is 6.96. The van der Waals surface area contributed by atoms with Gasteiger partial charge < -0.3 is 14.5 Å². The fourth-order valence-corrected chi connectivity index (χ4v) is 3.86. The number of anilines is 1. The van der Waals surface area contributed by atoms with E-state index in [9.17, 15) is 0 Å². The molecule has 2 fully saturated rings. The molecule has 24 heavy (non-hydrogen) atoms. The van der Waals surface area contributed by atoms with Crippen LogP contribution in [-0.4, -0.2) is 65.9 Å². The summed E-state index contributed by atoms with van der Waals surface area (Å²) in [6.07, 6.45) is 7.01. The first-order valence-electron chi connectivity index (χ1n) is 9.16. The lowest BCUT2D eigenvalue weighted by Gasteiger charge is -2.30. The van der Waals surface area contributed by atoms with E-state index in [1.807, 2.05) is 4.52 Å². The smallest absolute Gasteiger partial charge is 0.155 e. The lowest BCUT2D eigenvalue weighted by atomic mass is 9.96. The zero-order valence-electron chi connectivity index (χ0n) is 14.5. The van der Waals surface area contributed by atoms with Crippen LogP contribution in [0, 0.1) is 0 Å². The molecule has 0 saturated carbocycles. The van der Waals surface area contributed by atoms with E-state index in [1.165, 1.54) is 18.5 Å². The quantitative estimate of drug-likeness (QED) is 0.841. The molecule has 6 heteroatoms. The van der Waals surface area contributed by atoms with Crippen molar-refractivity contribution in [2.75, 3.05) is 51.3 Å². The number of aromatic nitrogens is 3. The molecular weight excluding hydrogens is 302 g/mol. The van der Waals surface area contributed by atoms with Gasteiger partial charge in [-0.2, -0.15) is 5.10 Å². The van der Waals surface area contributed by atoms with Crippen molar-refractivity contribution < 1.29 is 4.74 Å². The third kappa shape index (κ3) is 3.26. The van der Waals surface area contributed by atoms with Gasteiger partial charge in [0.2, 0.25) is 0 Å². The lowest BCUT2D eigenvalue weighted by molar-refractivity contribution is 0.129. The van der Waals surface area contributed by atoms with Crippen LogP contribution in [0.25, 0.3) is 5.65 Å². The Morgan fingerprint density at radius 3 is 2.67 bits per heavy atom. The number of piperidine rings is 1. The number of rotatable bonds is 5. The SMILES string of the molecule is COCCN1CCC(c2nc3ccc(N4CCCC4)cn3n2)CC1. The highest BCUT2D eigenvalue weighted by Gasteiger charge is 2.24. The molecule has 4 rings (SSSR count). The summed E-state index contributed by atoms with van der Waals surface area (Å²) >= 11 is 0. The Balaban J connectivity index is 1.45. The fraction of sp³-hybridized carbons (Fsp3) is 0.667. The molecule has 0 aliphatic carbocycles. The first-order chi connectivity index (χ1) is 11.8. The molecule has 0 atom stereocenters. The predicted molar refractivity (Wildman–Crippen MR) is 94.7 cm³/mol. The van der Waals surface area contributed by atoms with Gasteiger partial charge >= 0.3 is 0 Å². The van der Waals surface area contributed by atoms with Crippen molar-refractivity contribution in [1.82, 2.24) is 19.5 Å². The molecule has 0 bridgehead atoms. The number of methoxy groups -OCH3 is 1. The van der Waals surface area contributed by atoms with E-state index in [4.69, 9.17) is 14.8 Å². The number of likely N-dealkylation sites (tertiary alicyclic amines) is 1. The number of ether oxygens (including phenoxy) is 1. The first kappa shape index (κ1) is 15.8. The molecule has 0 aromatic carbocycles. The van der Waals surface area contributed by atoms with E-state index in [1.54, 1.807) is 7.11 Å². The van der Waals surface area contributed by atoms with Crippen LogP contribution in [-0.2, 0) is 4.74 Å². The molecule has 0 unspecified atom stereocenters. The molecule has 2 saturated heterocycles. The van der Waals surface area contributed by atoms with Crippen molar-refractivity contribution in [2.45, 2.75) is 31.6 Å². The van der Waals surface area contributed by atoms with Crippen LogP contribution < -0.4 is 4.90 Å². The zero-order valence-corrected chi connectivity index (χ0v) is 14.5. The Labute approximate surface area is 143 Å². The van der Waals surface area contributed by atoms with E-state index in [2.05, 4.69) is 28.1 Å². The van der Waals surface area contributed by atoms with Crippen LogP contribution in [0.5, 0.6) is 0 Å². The van der Waals surface area contributed by atoms with Crippen LogP contribution in [0.3, 0.4) is 0 Å². The van der Waals surface area contributed by atoms with Gasteiger partial charge in [0.05, 0.1) is 18.5 Å². The topological polar surface area (TPSA) is 45.9 Å². The average Bonchev–Trinajstić information content (AvgIpc) is 3.29. The molecule has 0 spiro atoms. The van der Waals surface area contributed by atoms with Gasteiger partial charge in [-0.25, -0.2) is 9.50 Å². The van der Waals surface area contributed by atoms with Crippen LogP contribution in [0.4, 0.5) is 5.69 Å². The summed E-state index contributed by atoms with van der Waals surface area (Å²) in [5.74, 6) is 1.50. The molecule has 0 N–H and O–H groups in total. The van der Waals surface area contributed by atoms with Crippen LogP contribution in [0.1, 0.15) is 37.4 Å². The average molecular weight is 329 g/mol. The third-order valence-electron chi connectivity index (χ3n) is 5.37. The van der Waals surface area contributed by atoms with Gasteiger partial charge in [0.25, 0.3) is 0 Å². The maximum atomic E-state index is 5.18. The first-order valence-corrected chi connectivity index (χ1v) is 9.16. The van der Waals surface area contributed by atoms with Gasteiger partial charge in [-0.15, -0.1) is 0 Å². The van der Waals surface area contributed by atoms with Gasteiger partial charge in [-0.3, -0.25) is 0 Å². The van der Waals surface area contributed by atoms with E-state index in [0.29, 0.717) is 5.92 Å². The minimum atomic E-state index is 0.485. The van der Waals surface area contributed by atoms with Crippen molar-refractivity contribution in [2.24, 2.45) is 0 Å².